The smallest absolute Gasteiger partial charge is 0.257 e. The molecule has 1 aliphatic heterocycles. The fourth-order valence-corrected chi connectivity index (χ4v) is 1.35. The van der Waals surface area contributed by atoms with Crippen LogP contribution in [0, 0.1) is 0 Å². The van der Waals surface area contributed by atoms with E-state index in [1.165, 1.54) is 7.11 Å². The number of rotatable bonds is 1. The summed E-state index contributed by atoms with van der Waals surface area (Å²) in [6.07, 6.45) is -1.06. The van der Waals surface area contributed by atoms with Crippen molar-refractivity contribution in [3.8, 4) is 5.75 Å². The molecule has 0 fully saturated rings. The van der Waals surface area contributed by atoms with Crippen LogP contribution in [-0.4, -0.2) is 18.1 Å². The van der Waals surface area contributed by atoms with Crippen molar-refractivity contribution in [3.63, 3.8) is 0 Å². The van der Waals surface area contributed by atoms with E-state index in [-0.39, 0.29) is 5.91 Å². The lowest BCUT2D eigenvalue weighted by Gasteiger charge is -2.03. The van der Waals surface area contributed by atoms with Crippen LogP contribution in [0.3, 0.4) is 0 Å². The van der Waals surface area contributed by atoms with Gasteiger partial charge in [0.2, 0.25) is 0 Å². The third-order valence-corrected chi connectivity index (χ3v) is 2.06. The quantitative estimate of drug-likeness (QED) is 0.666. The third-order valence-electron chi connectivity index (χ3n) is 2.06. The minimum Gasteiger partial charge on any atom is -0.497 e. The summed E-state index contributed by atoms with van der Waals surface area (Å²) in [5.41, 5.74) is 1.22. The number of amides is 1. The lowest BCUT2D eigenvalue weighted by atomic mass is 10.1. The molecule has 0 aliphatic carbocycles. The Bertz CT molecular complexity index is 362. The summed E-state index contributed by atoms with van der Waals surface area (Å²) in [4.78, 5) is 11.0. The van der Waals surface area contributed by atoms with Crippen LogP contribution in [0.2, 0.25) is 0 Å². The number of fused-ring (bicyclic) bond motifs is 1. The highest BCUT2D eigenvalue weighted by Crippen LogP contribution is 2.33. The molecule has 1 aromatic carbocycles. The average Bonchev–Trinajstić information content (AvgIpc) is 2.43. The van der Waals surface area contributed by atoms with Gasteiger partial charge in [0.05, 0.1) is 7.11 Å². The summed E-state index contributed by atoms with van der Waals surface area (Å²) in [5, 5.41) is 12.0. The maximum atomic E-state index is 11.0. The van der Waals surface area contributed by atoms with E-state index in [0.29, 0.717) is 17.0 Å². The van der Waals surface area contributed by atoms with Crippen LogP contribution < -0.4 is 10.1 Å². The zero-order chi connectivity index (χ0) is 9.42. The fourth-order valence-electron chi connectivity index (χ4n) is 1.35. The van der Waals surface area contributed by atoms with Crippen LogP contribution in [0.5, 0.6) is 5.75 Å². The Hall–Kier alpha value is -1.55. The predicted octanol–water partition coefficient (Wildman–Crippen LogP) is 0.681. The zero-order valence-electron chi connectivity index (χ0n) is 7.07. The van der Waals surface area contributed by atoms with Gasteiger partial charge in [-0.1, -0.05) is 0 Å². The van der Waals surface area contributed by atoms with Crippen LogP contribution in [0.4, 0.5) is 5.69 Å². The SMILES string of the molecule is COc1ccc2c(c1)[C@H](O)C(=O)N2. The number of ether oxygens (including phenoxy) is 1. The molecule has 13 heavy (non-hydrogen) atoms. The highest BCUT2D eigenvalue weighted by Gasteiger charge is 2.28. The largest absolute Gasteiger partial charge is 0.497 e. The van der Waals surface area contributed by atoms with E-state index >= 15 is 0 Å². The van der Waals surface area contributed by atoms with Gasteiger partial charge in [-0.25, -0.2) is 0 Å². The van der Waals surface area contributed by atoms with Crippen molar-refractivity contribution in [1.82, 2.24) is 0 Å². The van der Waals surface area contributed by atoms with Crippen molar-refractivity contribution < 1.29 is 14.6 Å². The van der Waals surface area contributed by atoms with E-state index < -0.39 is 6.10 Å². The molecule has 0 aromatic heterocycles. The van der Waals surface area contributed by atoms with Crippen molar-refractivity contribution in [2.75, 3.05) is 12.4 Å². The molecule has 2 rings (SSSR count). The van der Waals surface area contributed by atoms with E-state index in [2.05, 4.69) is 5.32 Å². The van der Waals surface area contributed by atoms with Crippen LogP contribution in [0.25, 0.3) is 0 Å². The van der Waals surface area contributed by atoms with Gasteiger partial charge in [-0.3, -0.25) is 4.79 Å². The molecule has 4 nitrogen and oxygen atoms in total. The fraction of sp³-hybridized carbons (Fsp3) is 0.222. The van der Waals surface area contributed by atoms with E-state index in [4.69, 9.17) is 4.74 Å². The van der Waals surface area contributed by atoms with Crippen molar-refractivity contribution in [3.05, 3.63) is 23.8 Å². The topological polar surface area (TPSA) is 58.6 Å². The van der Waals surface area contributed by atoms with Crippen LogP contribution >= 0.6 is 0 Å². The Morgan fingerprint density at radius 2 is 2.31 bits per heavy atom. The Labute approximate surface area is 75.1 Å². The highest BCUT2D eigenvalue weighted by atomic mass is 16.5. The number of anilines is 1. The van der Waals surface area contributed by atoms with E-state index in [9.17, 15) is 9.90 Å². The number of carbonyl (C=O) groups excluding carboxylic acids is 1. The first-order valence-corrected chi connectivity index (χ1v) is 3.89. The predicted molar refractivity (Wildman–Crippen MR) is 46.6 cm³/mol. The van der Waals surface area contributed by atoms with Crippen molar-refractivity contribution in [2.45, 2.75) is 6.10 Å². The Morgan fingerprint density at radius 1 is 1.54 bits per heavy atom. The molecule has 4 heteroatoms. The number of carbonyl (C=O) groups is 1. The first-order valence-electron chi connectivity index (χ1n) is 3.89. The zero-order valence-corrected chi connectivity index (χ0v) is 7.07. The van der Waals surface area contributed by atoms with Crippen LogP contribution in [0.15, 0.2) is 18.2 Å². The lowest BCUT2D eigenvalue weighted by Crippen LogP contribution is -2.10. The van der Waals surface area contributed by atoms with Gasteiger partial charge in [-0.2, -0.15) is 0 Å². The second-order valence-electron chi connectivity index (χ2n) is 2.84. The van der Waals surface area contributed by atoms with Gasteiger partial charge in [0.1, 0.15) is 5.75 Å². The lowest BCUT2D eigenvalue weighted by molar-refractivity contribution is -0.123. The minimum atomic E-state index is -1.06. The highest BCUT2D eigenvalue weighted by molar-refractivity contribution is 6.01. The van der Waals surface area contributed by atoms with Gasteiger partial charge < -0.3 is 15.2 Å². The number of hydrogen-bond acceptors (Lipinski definition) is 3. The first-order chi connectivity index (χ1) is 6.22. The number of aliphatic hydroxyl groups excluding tert-OH is 1. The summed E-state index contributed by atoms with van der Waals surface area (Å²) < 4.78 is 4.97. The Kier molecular flexibility index (Phi) is 1.70. The molecule has 68 valence electrons. The van der Waals surface area contributed by atoms with Gasteiger partial charge in [0.25, 0.3) is 5.91 Å². The number of hydrogen-bond donors (Lipinski definition) is 2. The molecular formula is C9H9NO3. The summed E-state index contributed by atoms with van der Waals surface area (Å²) in [7, 11) is 1.54. The monoisotopic (exact) mass is 179 g/mol. The van der Waals surface area contributed by atoms with Crippen molar-refractivity contribution in [1.29, 1.82) is 0 Å². The Morgan fingerprint density at radius 3 is 3.00 bits per heavy atom. The molecule has 2 N–H and O–H groups in total. The molecule has 0 bridgehead atoms. The van der Waals surface area contributed by atoms with Gasteiger partial charge >= 0.3 is 0 Å². The van der Waals surface area contributed by atoms with Crippen LogP contribution in [-0.2, 0) is 4.79 Å². The molecule has 0 radical (unpaired) electrons. The third kappa shape index (κ3) is 1.15. The number of methoxy groups -OCH3 is 1. The van der Waals surface area contributed by atoms with E-state index in [0.717, 1.165) is 0 Å². The molecule has 0 saturated carbocycles. The van der Waals surface area contributed by atoms with Crippen LogP contribution in [0.1, 0.15) is 11.7 Å². The minimum absolute atomic E-state index is 0.386. The summed E-state index contributed by atoms with van der Waals surface area (Å²) in [6.45, 7) is 0. The number of aliphatic hydroxyl groups is 1. The van der Waals surface area contributed by atoms with Gasteiger partial charge in [-0.15, -0.1) is 0 Å². The van der Waals surface area contributed by atoms with Gasteiger partial charge in [0.15, 0.2) is 6.10 Å². The second kappa shape index (κ2) is 2.74. The molecule has 1 aromatic rings. The van der Waals surface area contributed by atoms with E-state index in [1.807, 2.05) is 0 Å². The Balaban J connectivity index is 2.47. The molecule has 0 saturated heterocycles. The molecular weight excluding hydrogens is 170 g/mol. The normalized spacial score (nSPS) is 19.5. The summed E-state index contributed by atoms with van der Waals surface area (Å²) in [5.74, 6) is 0.248. The average molecular weight is 179 g/mol. The summed E-state index contributed by atoms with van der Waals surface area (Å²) >= 11 is 0. The number of nitrogens with one attached hydrogen (secondary N) is 1. The first kappa shape index (κ1) is 8.07. The molecule has 1 atom stereocenters. The van der Waals surface area contributed by atoms with E-state index in [1.54, 1.807) is 18.2 Å². The van der Waals surface area contributed by atoms with Gasteiger partial charge in [0, 0.05) is 11.3 Å². The maximum absolute atomic E-state index is 11.0. The summed E-state index contributed by atoms with van der Waals surface area (Å²) in [6, 6.07) is 5.09. The second-order valence-corrected chi connectivity index (χ2v) is 2.84. The molecule has 0 spiro atoms. The molecule has 1 amide bonds. The molecule has 1 aliphatic rings. The maximum Gasteiger partial charge on any atom is 0.257 e. The standard InChI is InChI=1S/C9H9NO3/c1-13-5-2-3-7-6(4-5)8(11)9(12)10-7/h2-4,8,11H,1H3,(H,10,12)/t8-/m0/s1. The van der Waals surface area contributed by atoms with Gasteiger partial charge in [-0.05, 0) is 18.2 Å². The van der Waals surface area contributed by atoms with Crippen molar-refractivity contribution in [2.24, 2.45) is 0 Å². The van der Waals surface area contributed by atoms with Crippen molar-refractivity contribution >= 4 is 11.6 Å². The molecule has 0 unspecified atom stereocenters. The molecule has 1 heterocycles. The number of benzene rings is 1.